The molecule has 0 aromatic carbocycles. The Morgan fingerprint density at radius 1 is 0.900 bits per heavy atom. The van der Waals surface area contributed by atoms with Crippen molar-refractivity contribution in [1.29, 1.82) is 0 Å². The third-order valence-corrected chi connectivity index (χ3v) is 5.23. The van der Waals surface area contributed by atoms with Gasteiger partial charge in [-0.1, -0.05) is 64.7 Å². The second-order valence-electron chi connectivity index (χ2n) is 6.68. The molecule has 0 aliphatic rings. The topological polar surface area (TPSA) is 153 Å². The summed E-state index contributed by atoms with van der Waals surface area (Å²) in [6, 6.07) is 0. The maximum absolute atomic E-state index is 11.5. The number of carbonyl (C=O) groups is 3. The van der Waals surface area contributed by atoms with Crippen LogP contribution in [0.2, 0.25) is 0 Å². The number of carbonyl (C=O) groups excluding carboxylic acids is 3. The van der Waals surface area contributed by atoms with Gasteiger partial charge in [0.1, 0.15) is 16.7 Å². The Morgan fingerprint density at radius 3 is 1.80 bits per heavy atom. The molecule has 1 unspecified atom stereocenters. The van der Waals surface area contributed by atoms with E-state index in [1.54, 1.807) is 0 Å². The Morgan fingerprint density at radius 2 is 1.37 bits per heavy atom. The molecule has 12 heteroatoms. The molecule has 0 fully saturated rings. The van der Waals surface area contributed by atoms with Gasteiger partial charge in [-0.15, -0.1) is 0 Å². The van der Waals surface area contributed by atoms with Crippen LogP contribution in [-0.4, -0.2) is 49.2 Å². The molecule has 0 aliphatic heterocycles. The summed E-state index contributed by atoms with van der Waals surface area (Å²) in [6.45, 7) is 1.87. The van der Waals surface area contributed by atoms with Crippen LogP contribution in [-0.2, 0) is 29.2 Å². The van der Waals surface area contributed by atoms with Crippen molar-refractivity contribution in [2.75, 3.05) is 13.2 Å². The molecule has 0 rings (SSSR count). The van der Waals surface area contributed by atoms with Crippen LogP contribution in [0, 0.1) is 0 Å². The SMILES string of the molecule is CCCCCCCCCCCCOC(=O)CNC(=O)CC(C(=O)[O-])S(=O)(=O)[O-].[Na+].[Na+]. The third kappa shape index (κ3) is 20.2. The number of rotatable bonds is 17. The minimum Gasteiger partial charge on any atom is -0.747 e. The maximum Gasteiger partial charge on any atom is 1.00 e. The van der Waals surface area contributed by atoms with Gasteiger partial charge in [0.25, 0.3) is 0 Å². The van der Waals surface area contributed by atoms with E-state index in [1.165, 1.54) is 38.5 Å². The Labute approximate surface area is 223 Å². The number of ether oxygens (including phenoxy) is 1. The summed E-state index contributed by atoms with van der Waals surface area (Å²) in [7, 11) is -5.22. The summed E-state index contributed by atoms with van der Waals surface area (Å²) >= 11 is 0. The van der Waals surface area contributed by atoms with Gasteiger partial charge in [-0.3, -0.25) is 9.59 Å². The average Bonchev–Trinajstić information content (AvgIpc) is 2.61. The van der Waals surface area contributed by atoms with Crippen LogP contribution in [0.1, 0.15) is 77.6 Å². The zero-order valence-electron chi connectivity index (χ0n) is 18.4. The number of hydrogen-bond acceptors (Lipinski definition) is 8. The summed E-state index contributed by atoms with van der Waals surface area (Å²) in [5.74, 6) is -3.95. The van der Waals surface area contributed by atoms with Gasteiger partial charge in [0, 0.05) is 6.42 Å². The van der Waals surface area contributed by atoms with E-state index in [1.807, 2.05) is 5.32 Å². The summed E-state index contributed by atoms with van der Waals surface area (Å²) in [4.78, 5) is 33.5. The van der Waals surface area contributed by atoms with Crippen molar-refractivity contribution in [3.8, 4) is 0 Å². The number of carboxylic acids is 1. The zero-order chi connectivity index (χ0) is 21.4. The quantitative estimate of drug-likeness (QED) is 0.0963. The molecule has 0 aromatic rings. The van der Waals surface area contributed by atoms with E-state index in [4.69, 9.17) is 4.74 Å². The van der Waals surface area contributed by atoms with Crippen LogP contribution in [0.4, 0.5) is 0 Å². The molecule has 1 atom stereocenters. The van der Waals surface area contributed by atoms with Crippen molar-refractivity contribution in [3.05, 3.63) is 0 Å². The molecular formula is C18H31NNa2O8S. The fraction of sp³-hybridized carbons (Fsp3) is 0.833. The first-order valence-electron chi connectivity index (χ1n) is 9.76. The van der Waals surface area contributed by atoms with Gasteiger partial charge in [0.15, 0.2) is 0 Å². The standard InChI is InChI=1S/C18H33NO8S.2Na/c1-2-3-4-5-6-7-8-9-10-11-12-27-17(21)14-19-16(20)13-15(18(22)23)28(24,25)26;;/h15H,2-14H2,1H3,(H,19,20)(H,22,23)(H,24,25,26);;/q;2*+1/p-2. The van der Waals surface area contributed by atoms with Crippen molar-refractivity contribution >= 4 is 28.0 Å². The molecule has 0 saturated heterocycles. The monoisotopic (exact) mass is 467 g/mol. The number of carboxylic acid groups (broad SMARTS) is 1. The Kier molecular flexibility index (Phi) is 24.7. The molecule has 164 valence electrons. The summed E-state index contributed by atoms with van der Waals surface area (Å²) in [5.41, 5.74) is 0. The molecule has 0 bridgehead atoms. The Hall–Kier alpha value is 0.320. The number of unbranched alkanes of at least 4 members (excludes halogenated alkanes) is 9. The van der Waals surface area contributed by atoms with Crippen LogP contribution >= 0.6 is 0 Å². The Bertz CT molecular complexity index is 587. The first-order valence-corrected chi connectivity index (χ1v) is 11.2. The van der Waals surface area contributed by atoms with Crippen LogP contribution in [0.25, 0.3) is 0 Å². The number of amides is 1. The molecular weight excluding hydrogens is 436 g/mol. The van der Waals surface area contributed by atoms with E-state index >= 15 is 0 Å². The van der Waals surface area contributed by atoms with Crippen molar-refractivity contribution in [2.45, 2.75) is 82.8 Å². The summed E-state index contributed by atoms with van der Waals surface area (Å²) < 4.78 is 37.1. The summed E-state index contributed by atoms with van der Waals surface area (Å²) in [5, 5.41) is 10.1. The van der Waals surface area contributed by atoms with Crippen molar-refractivity contribution in [1.82, 2.24) is 5.32 Å². The van der Waals surface area contributed by atoms with Crippen molar-refractivity contribution in [3.63, 3.8) is 0 Å². The molecule has 0 saturated carbocycles. The van der Waals surface area contributed by atoms with Crippen molar-refractivity contribution in [2.24, 2.45) is 0 Å². The van der Waals surface area contributed by atoms with E-state index in [-0.39, 0.29) is 65.7 Å². The average molecular weight is 467 g/mol. The number of nitrogens with one attached hydrogen (secondary N) is 1. The minimum atomic E-state index is -5.22. The molecule has 0 heterocycles. The van der Waals surface area contributed by atoms with Crippen LogP contribution < -0.4 is 69.5 Å². The van der Waals surface area contributed by atoms with Gasteiger partial charge in [0.2, 0.25) is 5.91 Å². The van der Waals surface area contributed by atoms with Gasteiger partial charge in [0.05, 0.1) is 17.8 Å². The predicted molar refractivity (Wildman–Crippen MR) is 98.9 cm³/mol. The van der Waals surface area contributed by atoms with Crippen LogP contribution in [0.5, 0.6) is 0 Å². The second kappa shape index (κ2) is 21.2. The van der Waals surface area contributed by atoms with E-state index in [0.717, 1.165) is 19.3 Å². The number of aliphatic carboxylic acids is 1. The van der Waals surface area contributed by atoms with Gasteiger partial charge >= 0.3 is 65.1 Å². The molecule has 0 spiro atoms. The fourth-order valence-corrected chi connectivity index (χ4v) is 3.13. The first kappa shape index (κ1) is 34.9. The van der Waals surface area contributed by atoms with Gasteiger partial charge in [-0.2, -0.15) is 0 Å². The second-order valence-corrected chi connectivity index (χ2v) is 8.24. The first-order chi connectivity index (χ1) is 13.2. The van der Waals surface area contributed by atoms with Gasteiger partial charge in [-0.05, 0) is 6.42 Å². The molecule has 9 nitrogen and oxygen atoms in total. The number of hydrogen-bond donors (Lipinski definition) is 1. The van der Waals surface area contributed by atoms with Crippen molar-refractivity contribution < 1.29 is 96.3 Å². The zero-order valence-corrected chi connectivity index (χ0v) is 23.3. The van der Waals surface area contributed by atoms with E-state index < -0.39 is 46.2 Å². The maximum atomic E-state index is 11.5. The largest absolute Gasteiger partial charge is 1.00 e. The predicted octanol–water partition coefficient (Wildman–Crippen LogP) is -5.37. The molecule has 30 heavy (non-hydrogen) atoms. The van der Waals surface area contributed by atoms with Crippen LogP contribution in [0.15, 0.2) is 0 Å². The molecule has 1 N–H and O–H groups in total. The normalized spacial score (nSPS) is 11.5. The van der Waals surface area contributed by atoms with E-state index in [2.05, 4.69) is 6.92 Å². The smallest absolute Gasteiger partial charge is 0.747 e. The fourth-order valence-electron chi connectivity index (χ4n) is 2.54. The molecule has 0 aliphatic carbocycles. The van der Waals surface area contributed by atoms with E-state index in [9.17, 15) is 32.5 Å². The summed E-state index contributed by atoms with van der Waals surface area (Å²) in [6.07, 6.45) is 10.3. The van der Waals surface area contributed by atoms with Gasteiger partial charge in [-0.25, -0.2) is 8.42 Å². The third-order valence-electron chi connectivity index (χ3n) is 4.17. The van der Waals surface area contributed by atoms with Gasteiger partial charge < -0.3 is 24.5 Å². The molecule has 0 radical (unpaired) electrons. The minimum absolute atomic E-state index is 0. The molecule has 1 amide bonds. The number of esters is 1. The van der Waals surface area contributed by atoms with E-state index in [0.29, 0.717) is 6.42 Å². The molecule has 0 aromatic heterocycles. The Balaban J connectivity index is -0.00000364. The van der Waals surface area contributed by atoms with Crippen LogP contribution in [0.3, 0.4) is 0 Å².